The van der Waals surface area contributed by atoms with E-state index in [2.05, 4.69) is 30.3 Å². The lowest BCUT2D eigenvalue weighted by molar-refractivity contribution is -0.000503. The molecule has 0 aliphatic carbocycles. The Morgan fingerprint density at radius 3 is 2.29 bits per heavy atom. The van der Waals surface area contributed by atoms with Gasteiger partial charge in [-0.1, -0.05) is 72.8 Å². The number of nitrogens with zero attached hydrogens (tertiary/aromatic N) is 1. The molecule has 3 aromatic rings. The van der Waals surface area contributed by atoms with Gasteiger partial charge in [-0.2, -0.15) is 0 Å². The highest BCUT2D eigenvalue weighted by molar-refractivity contribution is 5.85. The molecule has 0 aliphatic rings. The van der Waals surface area contributed by atoms with Crippen LogP contribution in [0.25, 0.3) is 10.8 Å². The first-order valence-electron chi connectivity index (χ1n) is 8.21. The zero-order valence-electron chi connectivity index (χ0n) is 13.8. The summed E-state index contributed by atoms with van der Waals surface area (Å²) in [6, 6.07) is 23.9. The van der Waals surface area contributed by atoms with Crippen molar-refractivity contribution in [1.29, 1.82) is 0 Å². The summed E-state index contributed by atoms with van der Waals surface area (Å²) in [7, 11) is 1.96. The van der Waals surface area contributed by atoms with E-state index in [1.807, 2.05) is 54.4 Å². The molecule has 0 heterocycles. The van der Waals surface area contributed by atoms with Crippen molar-refractivity contribution in [2.45, 2.75) is 18.8 Å². The molecular weight excluding hydrogens is 298 g/mol. The van der Waals surface area contributed by atoms with Crippen molar-refractivity contribution in [1.82, 2.24) is 4.90 Å². The smallest absolute Gasteiger partial charge is 0.106 e. The van der Waals surface area contributed by atoms with E-state index < -0.39 is 12.2 Å². The van der Waals surface area contributed by atoms with Gasteiger partial charge in [0, 0.05) is 13.1 Å². The zero-order chi connectivity index (χ0) is 16.9. The second-order valence-corrected chi connectivity index (χ2v) is 6.26. The van der Waals surface area contributed by atoms with Crippen molar-refractivity contribution in [2.75, 3.05) is 13.6 Å². The van der Waals surface area contributed by atoms with Crippen LogP contribution in [0.5, 0.6) is 0 Å². The molecule has 0 aliphatic heterocycles. The molecule has 2 atom stereocenters. The third kappa shape index (κ3) is 3.82. The van der Waals surface area contributed by atoms with Crippen LogP contribution in [0, 0.1) is 0 Å². The van der Waals surface area contributed by atoms with Crippen LogP contribution in [-0.4, -0.2) is 34.8 Å². The molecule has 2 N–H and O–H groups in total. The Labute approximate surface area is 142 Å². The molecule has 0 amide bonds. The Kier molecular flexibility index (Phi) is 5.26. The second kappa shape index (κ2) is 7.58. The van der Waals surface area contributed by atoms with Crippen LogP contribution in [0.15, 0.2) is 72.8 Å². The van der Waals surface area contributed by atoms with Gasteiger partial charge in [-0.15, -0.1) is 0 Å². The summed E-state index contributed by atoms with van der Waals surface area (Å²) in [6.07, 6.45) is -1.70. The number of aliphatic hydroxyl groups excluding tert-OH is 2. The van der Waals surface area contributed by atoms with Gasteiger partial charge < -0.3 is 10.2 Å². The largest absolute Gasteiger partial charge is 0.389 e. The highest BCUT2D eigenvalue weighted by Crippen LogP contribution is 2.21. The number of rotatable bonds is 6. The zero-order valence-corrected chi connectivity index (χ0v) is 13.8. The number of hydrogen-bond acceptors (Lipinski definition) is 3. The number of hydrogen-bond donors (Lipinski definition) is 2. The molecule has 0 spiro atoms. The minimum atomic E-state index is -0.874. The normalized spacial score (nSPS) is 14.0. The van der Waals surface area contributed by atoms with E-state index in [0.717, 1.165) is 12.1 Å². The average molecular weight is 321 g/mol. The van der Waals surface area contributed by atoms with Crippen molar-refractivity contribution in [2.24, 2.45) is 0 Å². The molecule has 3 rings (SSSR count). The van der Waals surface area contributed by atoms with E-state index in [1.54, 1.807) is 0 Å². The molecular formula is C21H23NO2. The fourth-order valence-corrected chi connectivity index (χ4v) is 3.08. The van der Waals surface area contributed by atoms with Gasteiger partial charge in [-0.05, 0) is 28.9 Å². The summed E-state index contributed by atoms with van der Waals surface area (Å²) in [5.41, 5.74) is 1.96. The number of benzene rings is 3. The maximum absolute atomic E-state index is 10.3. The summed E-state index contributed by atoms with van der Waals surface area (Å²) >= 11 is 0. The first kappa shape index (κ1) is 16.7. The highest BCUT2D eigenvalue weighted by atomic mass is 16.3. The third-order valence-corrected chi connectivity index (χ3v) is 4.32. The fraction of sp³-hybridized carbons (Fsp3) is 0.238. The van der Waals surface area contributed by atoms with Gasteiger partial charge in [0.05, 0.1) is 6.10 Å². The van der Waals surface area contributed by atoms with Crippen molar-refractivity contribution in [3.8, 4) is 0 Å². The van der Waals surface area contributed by atoms with E-state index in [1.165, 1.54) is 16.3 Å². The monoisotopic (exact) mass is 321 g/mol. The van der Waals surface area contributed by atoms with Gasteiger partial charge in [-0.25, -0.2) is 0 Å². The van der Waals surface area contributed by atoms with Crippen LogP contribution in [0.2, 0.25) is 0 Å². The Morgan fingerprint density at radius 1 is 0.833 bits per heavy atom. The van der Waals surface area contributed by atoms with Crippen LogP contribution >= 0.6 is 0 Å². The maximum atomic E-state index is 10.3. The molecule has 24 heavy (non-hydrogen) atoms. The summed E-state index contributed by atoms with van der Waals surface area (Å²) in [5, 5.41) is 23.1. The van der Waals surface area contributed by atoms with E-state index in [4.69, 9.17) is 0 Å². The first-order valence-corrected chi connectivity index (χ1v) is 8.21. The predicted molar refractivity (Wildman–Crippen MR) is 97.7 cm³/mol. The van der Waals surface area contributed by atoms with Crippen LogP contribution in [0.4, 0.5) is 0 Å². The average Bonchev–Trinajstić information content (AvgIpc) is 2.62. The number of aliphatic hydroxyl groups is 2. The molecule has 3 heteroatoms. The molecule has 0 aromatic heterocycles. The highest BCUT2D eigenvalue weighted by Gasteiger charge is 2.20. The lowest BCUT2D eigenvalue weighted by atomic mass is 10.0. The minimum Gasteiger partial charge on any atom is -0.389 e. The van der Waals surface area contributed by atoms with E-state index >= 15 is 0 Å². The molecule has 0 fully saturated rings. The van der Waals surface area contributed by atoms with Gasteiger partial charge in [0.25, 0.3) is 0 Å². The Hall–Kier alpha value is -2.20. The Bertz CT molecular complexity index is 783. The van der Waals surface area contributed by atoms with E-state index in [9.17, 15) is 10.2 Å². The molecule has 0 bridgehead atoms. The minimum absolute atomic E-state index is 0.402. The van der Waals surface area contributed by atoms with Crippen LogP contribution < -0.4 is 0 Å². The summed E-state index contributed by atoms with van der Waals surface area (Å²) in [6.45, 7) is 1.12. The van der Waals surface area contributed by atoms with Crippen LogP contribution in [-0.2, 0) is 6.54 Å². The van der Waals surface area contributed by atoms with Crippen LogP contribution in [0.1, 0.15) is 17.2 Å². The maximum Gasteiger partial charge on any atom is 0.106 e. The van der Waals surface area contributed by atoms with Crippen molar-refractivity contribution < 1.29 is 10.2 Å². The first-order chi connectivity index (χ1) is 11.6. The van der Waals surface area contributed by atoms with E-state index in [0.29, 0.717) is 6.54 Å². The van der Waals surface area contributed by atoms with Crippen molar-refractivity contribution in [3.05, 3.63) is 83.9 Å². The molecule has 0 saturated carbocycles. The van der Waals surface area contributed by atoms with Gasteiger partial charge in [-0.3, -0.25) is 4.90 Å². The SMILES string of the molecule is CN(Cc1cccc2ccccc12)C[C@@H](O)[C@H](O)c1ccccc1. The molecule has 3 nitrogen and oxygen atoms in total. The molecule has 0 saturated heterocycles. The second-order valence-electron chi connectivity index (χ2n) is 6.26. The topological polar surface area (TPSA) is 43.7 Å². The van der Waals surface area contributed by atoms with Gasteiger partial charge >= 0.3 is 0 Å². The molecule has 0 radical (unpaired) electrons. The molecule has 0 unspecified atom stereocenters. The number of fused-ring (bicyclic) bond motifs is 1. The van der Waals surface area contributed by atoms with Crippen molar-refractivity contribution >= 4 is 10.8 Å². The summed E-state index contributed by atoms with van der Waals surface area (Å²) < 4.78 is 0. The quantitative estimate of drug-likeness (QED) is 0.731. The van der Waals surface area contributed by atoms with Gasteiger partial charge in [0.2, 0.25) is 0 Å². The van der Waals surface area contributed by atoms with Crippen LogP contribution in [0.3, 0.4) is 0 Å². The van der Waals surface area contributed by atoms with Gasteiger partial charge in [0.15, 0.2) is 0 Å². The Morgan fingerprint density at radius 2 is 1.50 bits per heavy atom. The Balaban J connectivity index is 1.67. The standard InChI is InChI=1S/C21H23NO2/c1-22(15-20(23)21(24)17-9-3-2-4-10-17)14-18-12-7-11-16-8-5-6-13-19(16)18/h2-13,20-21,23-24H,14-15H2,1H3/t20-,21-/m1/s1. The molecule has 3 aromatic carbocycles. The van der Waals surface area contributed by atoms with Gasteiger partial charge in [0.1, 0.15) is 6.10 Å². The lowest BCUT2D eigenvalue weighted by Gasteiger charge is -2.24. The summed E-state index contributed by atoms with van der Waals surface area (Å²) in [5.74, 6) is 0. The lowest BCUT2D eigenvalue weighted by Crippen LogP contribution is -2.33. The summed E-state index contributed by atoms with van der Waals surface area (Å²) in [4.78, 5) is 2.04. The molecule has 124 valence electrons. The number of likely N-dealkylation sites (N-methyl/N-ethyl adjacent to an activating group) is 1. The fourth-order valence-electron chi connectivity index (χ4n) is 3.08. The van der Waals surface area contributed by atoms with E-state index in [-0.39, 0.29) is 0 Å². The predicted octanol–water partition coefficient (Wildman–Crippen LogP) is 3.37. The third-order valence-electron chi connectivity index (χ3n) is 4.32. The van der Waals surface area contributed by atoms with Crippen molar-refractivity contribution in [3.63, 3.8) is 0 Å².